The molecule has 0 saturated carbocycles. The summed E-state index contributed by atoms with van der Waals surface area (Å²) in [5.41, 5.74) is 7.16. The first-order valence-electron chi connectivity index (χ1n) is 5.16. The van der Waals surface area contributed by atoms with Crippen molar-refractivity contribution in [3.05, 3.63) is 47.8 Å². The minimum Gasteiger partial charge on any atom is -0.399 e. The SMILES string of the molecule is N#Cc1cc(N)ccc1-c1ccnc(C(F)F)c1. The van der Waals surface area contributed by atoms with E-state index < -0.39 is 6.43 Å². The summed E-state index contributed by atoms with van der Waals surface area (Å²) in [6.07, 6.45) is -1.33. The van der Waals surface area contributed by atoms with E-state index in [2.05, 4.69) is 4.98 Å². The zero-order valence-electron chi connectivity index (χ0n) is 9.27. The number of nitrogens with zero attached hydrogens (tertiary/aromatic N) is 2. The molecule has 1 aromatic heterocycles. The highest BCUT2D eigenvalue weighted by atomic mass is 19.3. The van der Waals surface area contributed by atoms with E-state index in [9.17, 15) is 8.78 Å². The molecule has 0 atom stereocenters. The standard InChI is InChI=1S/C13H9F2N3/c14-13(15)12-6-8(3-4-18-12)11-2-1-10(17)5-9(11)7-16/h1-6,13H,17H2. The summed E-state index contributed by atoms with van der Waals surface area (Å²) in [7, 11) is 0. The van der Waals surface area contributed by atoms with Crippen molar-refractivity contribution in [3.8, 4) is 17.2 Å². The molecule has 1 aromatic carbocycles. The van der Waals surface area contributed by atoms with Gasteiger partial charge in [-0.05, 0) is 35.4 Å². The summed E-state index contributed by atoms with van der Waals surface area (Å²) in [6.45, 7) is 0. The number of anilines is 1. The van der Waals surface area contributed by atoms with Gasteiger partial charge in [0.1, 0.15) is 5.69 Å². The van der Waals surface area contributed by atoms with E-state index in [1.807, 2.05) is 6.07 Å². The molecule has 0 aliphatic carbocycles. The van der Waals surface area contributed by atoms with Gasteiger partial charge in [-0.2, -0.15) is 5.26 Å². The molecule has 0 aliphatic rings. The number of benzene rings is 1. The number of halogens is 2. The van der Waals surface area contributed by atoms with Crippen LogP contribution in [0.5, 0.6) is 0 Å². The Bertz CT molecular complexity index is 618. The van der Waals surface area contributed by atoms with E-state index >= 15 is 0 Å². The largest absolute Gasteiger partial charge is 0.399 e. The van der Waals surface area contributed by atoms with Gasteiger partial charge in [0, 0.05) is 11.9 Å². The van der Waals surface area contributed by atoms with Crippen molar-refractivity contribution in [2.75, 3.05) is 5.73 Å². The highest BCUT2D eigenvalue weighted by Gasteiger charge is 2.11. The van der Waals surface area contributed by atoms with E-state index in [0.29, 0.717) is 22.4 Å². The molecule has 90 valence electrons. The second kappa shape index (κ2) is 4.80. The minimum absolute atomic E-state index is 0.312. The molecule has 2 aromatic rings. The van der Waals surface area contributed by atoms with Crippen LogP contribution in [0.25, 0.3) is 11.1 Å². The summed E-state index contributed by atoms with van der Waals surface area (Å²) < 4.78 is 25.1. The lowest BCUT2D eigenvalue weighted by atomic mass is 10.00. The maximum absolute atomic E-state index is 12.6. The van der Waals surface area contributed by atoms with Crippen LogP contribution in [-0.2, 0) is 0 Å². The van der Waals surface area contributed by atoms with Crippen LogP contribution in [0.1, 0.15) is 17.7 Å². The van der Waals surface area contributed by atoms with E-state index in [-0.39, 0.29) is 5.69 Å². The number of pyridine rings is 1. The van der Waals surface area contributed by atoms with Crippen molar-refractivity contribution in [2.45, 2.75) is 6.43 Å². The Hall–Kier alpha value is -2.48. The van der Waals surface area contributed by atoms with Gasteiger partial charge in [-0.15, -0.1) is 0 Å². The number of hydrogen-bond donors (Lipinski definition) is 1. The van der Waals surface area contributed by atoms with Crippen LogP contribution >= 0.6 is 0 Å². The maximum atomic E-state index is 12.6. The Morgan fingerprint density at radius 2 is 2.00 bits per heavy atom. The van der Waals surface area contributed by atoms with Gasteiger partial charge >= 0.3 is 0 Å². The fourth-order valence-corrected chi connectivity index (χ4v) is 1.64. The molecule has 5 heteroatoms. The molecule has 0 unspecified atom stereocenters. The van der Waals surface area contributed by atoms with Crippen LogP contribution in [0.15, 0.2) is 36.5 Å². The van der Waals surface area contributed by atoms with Gasteiger partial charge in [-0.3, -0.25) is 4.98 Å². The summed E-state index contributed by atoms with van der Waals surface area (Å²) in [5.74, 6) is 0. The van der Waals surface area contributed by atoms with Gasteiger partial charge in [-0.25, -0.2) is 8.78 Å². The molecule has 18 heavy (non-hydrogen) atoms. The lowest BCUT2D eigenvalue weighted by molar-refractivity contribution is 0.146. The maximum Gasteiger partial charge on any atom is 0.280 e. The molecule has 1 heterocycles. The Morgan fingerprint density at radius 1 is 1.22 bits per heavy atom. The summed E-state index contributed by atoms with van der Waals surface area (Å²) in [4.78, 5) is 3.58. The average molecular weight is 245 g/mol. The van der Waals surface area contributed by atoms with E-state index in [4.69, 9.17) is 11.0 Å². The minimum atomic E-state index is -2.63. The Kier molecular flexibility index (Phi) is 3.20. The Morgan fingerprint density at radius 3 is 2.67 bits per heavy atom. The lowest BCUT2D eigenvalue weighted by Gasteiger charge is -2.06. The van der Waals surface area contributed by atoms with Crippen LogP contribution in [0.4, 0.5) is 14.5 Å². The molecule has 0 radical (unpaired) electrons. The van der Waals surface area contributed by atoms with Crippen molar-refractivity contribution in [1.29, 1.82) is 5.26 Å². The third kappa shape index (κ3) is 2.28. The smallest absolute Gasteiger partial charge is 0.280 e. The van der Waals surface area contributed by atoms with Crippen molar-refractivity contribution < 1.29 is 8.78 Å². The van der Waals surface area contributed by atoms with Crippen molar-refractivity contribution in [3.63, 3.8) is 0 Å². The summed E-state index contributed by atoms with van der Waals surface area (Å²) in [5, 5.41) is 9.01. The van der Waals surface area contributed by atoms with Gasteiger partial charge < -0.3 is 5.73 Å². The summed E-state index contributed by atoms with van der Waals surface area (Å²) in [6, 6.07) is 9.62. The molecule has 0 spiro atoms. The van der Waals surface area contributed by atoms with Crippen LogP contribution in [0, 0.1) is 11.3 Å². The van der Waals surface area contributed by atoms with Crippen molar-refractivity contribution in [1.82, 2.24) is 4.98 Å². The third-order valence-electron chi connectivity index (χ3n) is 2.48. The van der Waals surface area contributed by atoms with Gasteiger partial charge in [0.2, 0.25) is 0 Å². The van der Waals surface area contributed by atoms with Crippen LogP contribution in [0.2, 0.25) is 0 Å². The Labute approximate surface area is 103 Å². The Balaban J connectivity index is 2.56. The van der Waals surface area contributed by atoms with Crippen LogP contribution < -0.4 is 5.73 Å². The van der Waals surface area contributed by atoms with Gasteiger partial charge in [0.25, 0.3) is 6.43 Å². The highest BCUT2D eigenvalue weighted by molar-refractivity contribution is 5.72. The third-order valence-corrected chi connectivity index (χ3v) is 2.48. The second-order valence-corrected chi connectivity index (χ2v) is 3.69. The topological polar surface area (TPSA) is 62.7 Å². The highest BCUT2D eigenvalue weighted by Crippen LogP contribution is 2.27. The first kappa shape index (κ1) is 12.0. The lowest BCUT2D eigenvalue weighted by Crippen LogP contribution is -1.93. The van der Waals surface area contributed by atoms with Gasteiger partial charge in [0.15, 0.2) is 0 Å². The number of alkyl halides is 2. The predicted octanol–water partition coefficient (Wildman–Crippen LogP) is 3.14. The molecule has 0 fully saturated rings. The number of rotatable bonds is 2. The number of nitrogens with two attached hydrogens (primary N) is 1. The van der Waals surface area contributed by atoms with Crippen molar-refractivity contribution >= 4 is 5.69 Å². The molecule has 3 nitrogen and oxygen atoms in total. The molecule has 0 bridgehead atoms. The zero-order valence-corrected chi connectivity index (χ0v) is 9.27. The van der Waals surface area contributed by atoms with E-state index in [1.54, 1.807) is 18.2 Å². The molecule has 2 N–H and O–H groups in total. The number of hydrogen-bond acceptors (Lipinski definition) is 3. The second-order valence-electron chi connectivity index (χ2n) is 3.69. The first-order valence-corrected chi connectivity index (χ1v) is 5.16. The van der Waals surface area contributed by atoms with Crippen molar-refractivity contribution in [2.24, 2.45) is 0 Å². The average Bonchev–Trinajstić information content (AvgIpc) is 2.38. The van der Waals surface area contributed by atoms with Crippen LogP contribution in [-0.4, -0.2) is 4.98 Å². The predicted molar refractivity (Wildman–Crippen MR) is 63.8 cm³/mol. The van der Waals surface area contributed by atoms with Gasteiger partial charge in [0.05, 0.1) is 11.6 Å². The number of nitriles is 1. The molecular weight excluding hydrogens is 236 g/mol. The van der Waals surface area contributed by atoms with E-state index in [0.717, 1.165) is 0 Å². The first-order chi connectivity index (χ1) is 8.61. The fraction of sp³-hybridized carbons (Fsp3) is 0.0769. The van der Waals surface area contributed by atoms with Gasteiger partial charge in [-0.1, -0.05) is 6.07 Å². The summed E-state index contributed by atoms with van der Waals surface area (Å²) >= 11 is 0. The molecule has 2 rings (SSSR count). The quantitative estimate of drug-likeness (QED) is 0.826. The molecule has 0 amide bonds. The van der Waals surface area contributed by atoms with Crippen LogP contribution in [0.3, 0.4) is 0 Å². The molecule has 0 aliphatic heterocycles. The normalized spacial score (nSPS) is 10.3. The zero-order chi connectivity index (χ0) is 13.1. The van der Waals surface area contributed by atoms with E-state index in [1.165, 1.54) is 18.3 Å². The number of nitrogen functional groups attached to an aromatic ring is 1. The monoisotopic (exact) mass is 245 g/mol. The molecule has 0 saturated heterocycles. The molecular formula is C13H9F2N3. The number of aromatic nitrogens is 1. The fourth-order valence-electron chi connectivity index (χ4n) is 1.64.